The topological polar surface area (TPSA) is 71.0 Å². The van der Waals surface area contributed by atoms with E-state index in [9.17, 15) is 9.59 Å². The number of fused-ring (bicyclic) bond motifs is 1. The second-order valence-corrected chi connectivity index (χ2v) is 9.60. The highest BCUT2D eigenvalue weighted by Crippen LogP contribution is 2.44. The Labute approximate surface area is 200 Å². The summed E-state index contributed by atoms with van der Waals surface area (Å²) in [5, 5.41) is 8.28. The molecule has 0 aliphatic carbocycles. The molecule has 1 amide bonds. The van der Waals surface area contributed by atoms with Gasteiger partial charge in [0.2, 0.25) is 5.91 Å². The number of rotatable bonds is 7. The third-order valence-corrected chi connectivity index (χ3v) is 7.28. The second kappa shape index (κ2) is 9.94. The number of benzene rings is 1. The summed E-state index contributed by atoms with van der Waals surface area (Å²) in [6, 6.07) is 11.0. The van der Waals surface area contributed by atoms with Crippen LogP contribution < -0.4 is 5.32 Å². The van der Waals surface area contributed by atoms with E-state index in [0.717, 1.165) is 22.8 Å². The van der Waals surface area contributed by atoms with E-state index in [1.165, 1.54) is 23.7 Å². The Kier molecular flexibility index (Phi) is 7.03. The summed E-state index contributed by atoms with van der Waals surface area (Å²) in [7, 11) is 1.36. The van der Waals surface area contributed by atoms with E-state index in [0.29, 0.717) is 22.8 Å². The number of carbonyl (C=O) groups excluding carboxylic acids is 2. The number of esters is 1. The molecule has 4 rings (SSSR count). The predicted molar refractivity (Wildman–Crippen MR) is 130 cm³/mol. The monoisotopic (exact) mass is 487 g/mol. The molecule has 0 fully saturated rings. The largest absolute Gasteiger partial charge is 0.466 e. The molecule has 1 atom stereocenters. The molecule has 2 aliphatic heterocycles. The first-order chi connectivity index (χ1) is 15.5. The van der Waals surface area contributed by atoms with Crippen molar-refractivity contribution in [2.75, 3.05) is 13.7 Å². The third-order valence-electron chi connectivity index (χ3n) is 5.21. The number of methoxy groups -OCH3 is 1. The lowest BCUT2D eigenvalue weighted by molar-refractivity contribution is -0.136. The Hall–Kier alpha value is -2.55. The van der Waals surface area contributed by atoms with Crippen molar-refractivity contribution >= 4 is 51.7 Å². The van der Waals surface area contributed by atoms with Crippen LogP contribution in [0.25, 0.3) is 0 Å². The number of ether oxygens (including phenoxy) is 1. The van der Waals surface area contributed by atoms with Crippen LogP contribution >= 0.6 is 34.7 Å². The molecule has 1 N–H and O–H groups in total. The van der Waals surface area contributed by atoms with E-state index in [2.05, 4.69) is 16.4 Å². The minimum Gasteiger partial charge on any atom is -0.466 e. The van der Waals surface area contributed by atoms with Gasteiger partial charge in [-0.15, -0.1) is 11.3 Å². The van der Waals surface area contributed by atoms with Gasteiger partial charge in [-0.2, -0.15) is 0 Å². The summed E-state index contributed by atoms with van der Waals surface area (Å²) in [6.07, 6.45) is 0.990. The maximum absolute atomic E-state index is 12.7. The summed E-state index contributed by atoms with van der Waals surface area (Å²) in [4.78, 5) is 33.2. The molecule has 1 aromatic heterocycles. The van der Waals surface area contributed by atoms with E-state index in [1.54, 1.807) is 30.4 Å². The van der Waals surface area contributed by atoms with Gasteiger partial charge in [0.25, 0.3) is 0 Å². The van der Waals surface area contributed by atoms with Gasteiger partial charge in [-0.25, -0.2) is 9.79 Å². The quantitative estimate of drug-likeness (QED) is 0.562. The maximum Gasteiger partial charge on any atom is 0.338 e. The van der Waals surface area contributed by atoms with Gasteiger partial charge in [-0.1, -0.05) is 41.6 Å². The van der Waals surface area contributed by atoms with Crippen molar-refractivity contribution in [1.82, 2.24) is 10.2 Å². The van der Waals surface area contributed by atoms with Crippen LogP contribution in [0.15, 0.2) is 69.1 Å². The first kappa shape index (κ1) is 22.6. The van der Waals surface area contributed by atoms with E-state index in [1.807, 2.05) is 33.9 Å². The fraction of sp³-hybridized carbons (Fsp3) is 0.261. The molecular formula is C23H22ClN3O3S2. The maximum atomic E-state index is 12.7. The molecule has 0 saturated heterocycles. The highest BCUT2D eigenvalue weighted by atomic mass is 35.5. The zero-order valence-electron chi connectivity index (χ0n) is 17.6. The van der Waals surface area contributed by atoms with E-state index in [-0.39, 0.29) is 12.3 Å². The molecule has 2 aliphatic rings. The van der Waals surface area contributed by atoms with Crippen LogP contribution in [0.4, 0.5) is 0 Å². The fourth-order valence-electron chi connectivity index (χ4n) is 3.71. The lowest BCUT2D eigenvalue weighted by Gasteiger charge is -2.36. The molecule has 166 valence electrons. The number of amidine groups is 1. The van der Waals surface area contributed by atoms with E-state index < -0.39 is 12.0 Å². The zero-order chi connectivity index (χ0) is 22.7. The Morgan fingerprint density at radius 3 is 2.72 bits per heavy atom. The van der Waals surface area contributed by atoms with Crippen molar-refractivity contribution in [3.8, 4) is 0 Å². The van der Waals surface area contributed by atoms with Crippen LogP contribution in [0.5, 0.6) is 0 Å². The average Bonchev–Trinajstić information content (AvgIpc) is 3.43. The summed E-state index contributed by atoms with van der Waals surface area (Å²) in [6.45, 7) is 2.38. The van der Waals surface area contributed by atoms with Gasteiger partial charge >= 0.3 is 5.97 Å². The fourth-order valence-corrected chi connectivity index (χ4v) is 5.51. The van der Waals surface area contributed by atoms with Gasteiger partial charge in [0.1, 0.15) is 0 Å². The molecule has 6 nitrogen and oxygen atoms in total. The number of aliphatic imine (C=N–C) groups is 1. The van der Waals surface area contributed by atoms with Gasteiger partial charge in [-0.05, 0) is 47.9 Å². The van der Waals surface area contributed by atoms with Crippen LogP contribution in [0.2, 0.25) is 5.02 Å². The Balaban J connectivity index is 1.56. The molecule has 32 heavy (non-hydrogen) atoms. The summed E-state index contributed by atoms with van der Waals surface area (Å²) in [5.74, 6) is -0.516. The SMILES string of the molecule is COC(=O)C1=C(C)N=C2SC=C(CC(=O)NCCc3cccs3)N2[C@H]1c1ccc(Cl)cc1. The van der Waals surface area contributed by atoms with Gasteiger partial charge in [0.05, 0.1) is 30.8 Å². The van der Waals surface area contributed by atoms with Crippen LogP contribution in [0, 0.1) is 0 Å². The minimum absolute atomic E-state index is 0.0737. The Bertz CT molecular complexity index is 1110. The molecule has 2 aromatic rings. The number of thioether (sulfide) groups is 1. The van der Waals surface area contributed by atoms with Crippen molar-refractivity contribution in [3.05, 3.63) is 79.6 Å². The number of carbonyl (C=O) groups is 2. The Morgan fingerprint density at radius 2 is 2.03 bits per heavy atom. The molecule has 0 unspecified atom stereocenters. The smallest absolute Gasteiger partial charge is 0.338 e. The zero-order valence-corrected chi connectivity index (χ0v) is 20.0. The molecule has 1 aromatic carbocycles. The molecule has 0 radical (unpaired) electrons. The normalized spacial score (nSPS) is 17.6. The first-order valence-corrected chi connectivity index (χ1v) is 12.2. The summed E-state index contributed by atoms with van der Waals surface area (Å²) in [5.41, 5.74) is 2.71. The van der Waals surface area contributed by atoms with Crippen LogP contribution in [0.1, 0.15) is 29.8 Å². The number of allylic oxidation sites excluding steroid dienone is 1. The van der Waals surface area contributed by atoms with Gasteiger partial charge < -0.3 is 15.0 Å². The third kappa shape index (κ3) is 4.77. The molecule has 0 bridgehead atoms. The lowest BCUT2D eigenvalue weighted by Crippen LogP contribution is -2.38. The van der Waals surface area contributed by atoms with Crippen molar-refractivity contribution < 1.29 is 14.3 Å². The second-order valence-electron chi connectivity index (χ2n) is 7.29. The number of thiophene rings is 1. The number of hydrogen-bond acceptors (Lipinski definition) is 7. The molecule has 9 heteroatoms. The number of halogens is 1. The van der Waals surface area contributed by atoms with Crippen molar-refractivity contribution in [2.24, 2.45) is 4.99 Å². The number of amides is 1. The molecule has 0 spiro atoms. The van der Waals surface area contributed by atoms with Gasteiger partial charge in [-0.3, -0.25) is 4.79 Å². The number of nitrogens with one attached hydrogen (secondary N) is 1. The standard InChI is InChI=1S/C23H22ClN3O3S2/c1-14-20(22(29)30-2)21(15-5-7-16(24)8-6-15)27-17(13-32-23(27)26-14)12-19(28)25-10-9-18-4-3-11-31-18/h3-8,11,13,21H,9-10,12H2,1-2H3,(H,25,28)/t21-/m0/s1. The molecule has 0 saturated carbocycles. The van der Waals surface area contributed by atoms with Crippen molar-refractivity contribution in [1.29, 1.82) is 0 Å². The predicted octanol–water partition coefficient (Wildman–Crippen LogP) is 4.90. The lowest BCUT2D eigenvalue weighted by atomic mass is 9.94. The molecular weight excluding hydrogens is 466 g/mol. The van der Waals surface area contributed by atoms with Crippen LogP contribution in [-0.2, 0) is 20.7 Å². The average molecular weight is 488 g/mol. The van der Waals surface area contributed by atoms with E-state index in [4.69, 9.17) is 16.3 Å². The summed E-state index contributed by atoms with van der Waals surface area (Å²) < 4.78 is 5.07. The van der Waals surface area contributed by atoms with Crippen LogP contribution in [-0.4, -0.2) is 35.6 Å². The van der Waals surface area contributed by atoms with Gasteiger partial charge in [0.15, 0.2) is 5.17 Å². The first-order valence-electron chi connectivity index (χ1n) is 10.0. The van der Waals surface area contributed by atoms with Crippen molar-refractivity contribution in [2.45, 2.75) is 25.8 Å². The Morgan fingerprint density at radius 1 is 1.25 bits per heavy atom. The van der Waals surface area contributed by atoms with Crippen LogP contribution in [0.3, 0.4) is 0 Å². The summed E-state index contributed by atoms with van der Waals surface area (Å²) >= 11 is 9.22. The highest BCUT2D eigenvalue weighted by molar-refractivity contribution is 8.16. The van der Waals surface area contributed by atoms with Crippen molar-refractivity contribution in [3.63, 3.8) is 0 Å². The highest BCUT2D eigenvalue weighted by Gasteiger charge is 2.40. The number of hydrogen-bond donors (Lipinski definition) is 1. The molecule has 3 heterocycles. The number of nitrogens with zero attached hydrogens (tertiary/aromatic N) is 2. The van der Waals surface area contributed by atoms with Gasteiger partial charge in [0, 0.05) is 22.1 Å². The van der Waals surface area contributed by atoms with E-state index >= 15 is 0 Å². The minimum atomic E-state index is -0.451.